The Hall–Kier alpha value is -2.82. The quantitative estimate of drug-likeness (QED) is 0.543. The molecule has 0 aliphatic heterocycles. The number of pyridine rings is 1. The van der Waals surface area contributed by atoms with Crippen molar-refractivity contribution in [2.75, 3.05) is 6.61 Å². The molecule has 1 aliphatic carbocycles. The maximum atomic E-state index is 12.5. The zero-order valence-electron chi connectivity index (χ0n) is 12.0. The van der Waals surface area contributed by atoms with E-state index in [1.807, 2.05) is 12.1 Å². The molecule has 1 aromatic carbocycles. The summed E-state index contributed by atoms with van der Waals surface area (Å²) in [6, 6.07) is 8.77. The Morgan fingerprint density at radius 2 is 1.86 bits per heavy atom. The maximum absolute atomic E-state index is 12.5. The van der Waals surface area contributed by atoms with E-state index in [4.69, 9.17) is 4.74 Å². The molecule has 1 heterocycles. The van der Waals surface area contributed by atoms with E-state index < -0.39 is 11.8 Å². The van der Waals surface area contributed by atoms with Crippen LogP contribution in [0.4, 0.5) is 0 Å². The number of carbonyl (C=O) groups is 3. The summed E-state index contributed by atoms with van der Waals surface area (Å²) in [4.78, 5) is 40.1. The molecule has 0 amide bonds. The molecule has 0 spiro atoms. The van der Waals surface area contributed by atoms with Crippen LogP contribution in [-0.4, -0.2) is 29.1 Å². The van der Waals surface area contributed by atoms with E-state index in [1.54, 1.807) is 31.3 Å². The smallest absolute Gasteiger partial charge is 0.374 e. The Kier molecular flexibility index (Phi) is 3.55. The molecular weight excluding hydrogens is 282 g/mol. The summed E-state index contributed by atoms with van der Waals surface area (Å²) in [6.07, 6.45) is 1.38. The Morgan fingerprint density at radius 3 is 2.59 bits per heavy atom. The minimum atomic E-state index is -0.879. The zero-order chi connectivity index (χ0) is 15.7. The minimum Gasteiger partial charge on any atom is -0.460 e. The van der Waals surface area contributed by atoms with Gasteiger partial charge in [-0.15, -0.1) is 0 Å². The van der Waals surface area contributed by atoms with E-state index in [-0.39, 0.29) is 18.8 Å². The number of esters is 1. The van der Waals surface area contributed by atoms with Crippen molar-refractivity contribution in [2.24, 2.45) is 0 Å². The monoisotopic (exact) mass is 295 g/mol. The lowest BCUT2D eigenvalue weighted by Crippen LogP contribution is -2.20. The number of ether oxygens (including phenoxy) is 1. The second-order valence-electron chi connectivity index (χ2n) is 4.89. The normalized spacial score (nSPS) is 11.8. The van der Waals surface area contributed by atoms with Crippen LogP contribution in [0.1, 0.15) is 28.4 Å². The first-order valence-corrected chi connectivity index (χ1v) is 6.95. The lowest BCUT2D eigenvalue weighted by molar-refractivity contribution is -0.153. The predicted molar refractivity (Wildman–Crippen MR) is 78.4 cm³/mol. The molecule has 5 nitrogen and oxygen atoms in total. The van der Waals surface area contributed by atoms with Crippen molar-refractivity contribution in [1.82, 2.24) is 4.98 Å². The zero-order valence-corrected chi connectivity index (χ0v) is 12.0. The molecule has 0 unspecified atom stereocenters. The number of ketones is 2. The van der Waals surface area contributed by atoms with E-state index in [0.29, 0.717) is 22.4 Å². The topological polar surface area (TPSA) is 73.3 Å². The average Bonchev–Trinajstić information content (AvgIpc) is 2.82. The molecule has 2 aromatic rings. The van der Waals surface area contributed by atoms with Crippen LogP contribution in [0.2, 0.25) is 0 Å². The van der Waals surface area contributed by atoms with Crippen molar-refractivity contribution >= 4 is 17.5 Å². The number of nitrogens with zero attached hydrogens (tertiary/aromatic N) is 1. The lowest BCUT2D eigenvalue weighted by atomic mass is 10.0. The van der Waals surface area contributed by atoms with Gasteiger partial charge in [-0.1, -0.05) is 24.3 Å². The molecule has 0 atom stereocenters. The summed E-state index contributed by atoms with van der Waals surface area (Å²) >= 11 is 0. The van der Waals surface area contributed by atoms with Gasteiger partial charge in [0.1, 0.15) is 0 Å². The summed E-state index contributed by atoms with van der Waals surface area (Å²) in [5.74, 6) is -1.71. The third-order valence-corrected chi connectivity index (χ3v) is 3.55. The van der Waals surface area contributed by atoms with Gasteiger partial charge in [-0.3, -0.25) is 14.6 Å². The van der Waals surface area contributed by atoms with E-state index in [0.717, 1.165) is 5.56 Å². The molecular formula is C17H13NO4. The molecule has 0 saturated heterocycles. The average molecular weight is 295 g/mol. The van der Waals surface area contributed by atoms with Gasteiger partial charge in [0, 0.05) is 23.7 Å². The molecule has 0 N–H and O–H groups in total. The summed E-state index contributed by atoms with van der Waals surface area (Å²) in [7, 11) is 0. The fourth-order valence-electron chi connectivity index (χ4n) is 2.59. The first-order chi connectivity index (χ1) is 10.6. The van der Waals surface area contributed by atoms with E-state index >= 15 is 0 Å². The lowest BCUT2D eigenvalue weighted by Gasteiger charge is -2.06. The molecule has 3 rings (SSSR count). The number of hydrogen-bond acceptors (Lipinski definition) is 5. The molecule has 0 bridgehead atoms. The number of hydrogen-bond donors (Lipinski definition) is 0. The van der Waals surface area contributed by atoms with Crippen LogP contribution in [0.25, 0.3) is 11.3 Å². The van der Waals surface area contributed by atoms with Crippen molar-refractivity contribution in [3.63, 3.8) is 0 Å². The fourth-order valence-corrected chi connectivity index (χ4v) is 2.59. The van der Waals surface area contributed by atoms with Crippen molar-refractivity contribution in [2.45, 2.75) is 13.3 Å². The Balaban J connectivity index is 1.99. The van der Waals surface area contributed by atoms with E-state index in [9.17, 15) is 14.4 Å². The molecule has 5 heteroatoms. The highest BCUT2D eigenvalue weighted by atomic mass is 16.5. The van der Waals surface area contributed by atoms with Gasteiger partial charge < -0.3 is 4.74 Å². The highest BCUT2D eigenvalue weighted by molar-refractivity contribution is 6.34. The Labute approximate surface area is 126 Å². The van der Waals surface area contributed by atoms with Gasteiger partial charge in [-0.05, 0) is 18.6 Å². The molecule has 22 heavy (non-hydrogen) atoms. The van der Waals surface area contributed by atoms with Gasteiger partial charge in [0.2, 0.25) is 5.78 Å². The highest BCUT2D eigenvalue weighted by Crippen LogP contribution is 2.36. The van der Waals surface area contributed by atoms with Crippen LogP contribution in [0.5, 0.6) is 0 Å². The van der Waals surface area contributed by atoms with Crippen LogP contribution in [0.3, 0.4) is 0 Å². The molecule has 0 saturated carbocycles. The largest absolute Gasteiger partial charge is 0.460 e. The van der Waals surface area contributed by atoms with Crippen molar-refractivity contribution < 1.29 is 19.1 Å². The van der Waals surface area contributed by atoms with E-state index in [2.05, 4.69) is 4.98 Å². The SMILES string of the molecule is CCOC(=O)C(=O)Cc1ccnc2c1C(=O)c1ccccc1-2. The number of aromatic nitrogens is 1. The standard InChI is InChI=1S/C17H13NO4/c1-2-22-17(21)13(19)9-10-7-8-18-15-11-5-3-4-6-12(11)16(20)14(10)15/h3-8H,2,9H2,1H3. The Morgan fingerprint density at radius 1 is 1.14 bits per heavy atom. The van der Waals surface area contributed by atoms with Gasteiger partial charge in [0.05, 0.1) is 17.9 Å². The summed E-state index contributed by atoms with van der Waals surface area (Å²) in [5, 5.41) is 0. The van der Waals surface area contributed by atoms with Crippen LogP contribution in [0.15, 0.2) is 36.5 Å². The third kappa shape index (κ3) is 2.20. The number of carbonyl (C=O) groups excluding carboxylic acids is 3. The first kappa shape index (κ1) is 14.1. The number of benzene rings is 1. The molecule has 0 fully saturated rings. The van der Waals surface area contributed by atoms with Gasteiger partial charge in [-0.2, -0.15) is 0 Å². The van der Waals surface area contributed by atoms with Gasteiger partial charge in [-0.25, -0.2) is 4.79 Å². The molecule has 1 aliphatic rings. The second-order valence-corrected chi connectivity index (χ2v) is 4.89. The van der Waals surface area contributed by atoms with Crippen molar-refractivity contribution in [1.29, 1.82) is 0 Å². The number of fused-ring (bicyclic) bond motifs is 3. The van der Waals surface area contributed by atoms with Gasteiger partial charge >= 0.3 is 5.97 Å². The number of Topliss-reactive ketones (excluding diaryl/α,β-unsaturated/α-hetero) is 1. The summed E-state index contributed by atoms with van der Waals surface area (Å²) < 4.78 is 4.69. The minimum absolute atomic E-state index is 0.142. The summed E-state index contributed by atoms with van der Waals surface area (Å²) in [5.41, 5.74) is 2.80. The molecule has 0 radical (unpaired) electrons. The van der Waals surface area contributed by atoms with Crippen LogP contribution >= 0.6 is 0 Å². The van der Waals surface area contributed by atoms with Crippen molar-refractivity contribution in [3.05, 3.63) is 53.2 Å². The van der Waals surface area contributed by atoms with Gasteiger partial charge in [0.15, 0.2) is 5.78 Å². The Bertz CT molecular complexity index is 795. The van der Waals surface area contributed by atoms with Gasteiger partial charge in [0.25, 0.3) is 0 Å². The predicted octanol–water partition coefficient (Wildman–Crippen LogP) is 1.97. The summed E-state index contributed by atoms with van der Waals surface area (Å²) in [6.45, 7) is 1.78. The fraction of sp³-hybridized carbons (Fsp3) is 0.176. The van der Waals surface area contributed by atoms with Crippen LogP contribution in [-0.2, 0) is 20.7 Å². The molecule has 1 aromatic heterocycles. The van der Waals surface area contributed by atoms with Crippen LogP contribution < -0.4 is 0 Å². The second kappa shape index (κ2) is 5.52. The van der Waals surface area contributed by atoms with Crippen LogP contribution in [0, 0.1) is 0 Å². The maximum Gasteiger partial charge on any atom is 0.374 e. The van der Waals surface area contributed by atoms with Crippen molar-refractivity contribution in [3.8, 4) is 11.3 Å². The van der Waals surface area contributed by atoms with E-state index in [1.165, 1.54) is 0 Å². The molecule has 110 valence electrons. The first-order valence-electron chi connectivity index (χ1n) is 6.95. The number of rotatable bonds is 4. The third-order valence-electron chi connectivity index (χ3n) is 3.55. The highest BCUT2D eigenvalue weighted by Gasteiger charge is 2.31.